The Balaban J connectivity index is 1.65. The predicted molar refractivity (Wildman–Crippen MR) is 80.9 cm³/mol. The Kier molecular flexibility index (Phi) is 3.85. The number of nitrogens with zero attached hydrogens (tertiary/aromatic N) is 1. The van der Waals surface area contributed by atoms with Crippen molar-refractivity contribution in [2.24, 2.45) is 5.41 Å². The van der Waals surface area contributed by atoms with Crippen LogP contribution in [0.25, 0.3) is 0 Å². The molecule has 2 amide bonds. The zero-order chi connectivity index (χ0) is 14.9. The van der Waals surface area contributed by atoms with Crippen molar-refractivity contribution in [3.63, 3.8) is 0 Å². The lowest BCUT2D eigenvalue weighted by Gasteiger charge is -2.33. The molecular weight excluding hydrogens is 269 g/mol. The van der Waals surface area contributed by atoms with Gasteiger partial charge < -0.3 is 15.5 Å². The van der Waals surface area contributed by atoms with Gasteiger partial charge in [-0.3, -0.25) is 0 Å². The Bertz CT molecular complexity index is 540. The summed E-state index contributed by atoms with van der Waals surface area (Å²) in [7, 11) is 0. The second-order valence-corrected chi connectivity index (χ2v) is 6.34. The predicted octanol–water partition coefficient (Wildman–Crippen LogP) is 2.74. The van der Waals surface area contributed by atoms with Gasteiger partial charge in [0.2, 0.25) is 0 Å². The summed E-state index contributed by atoms with van der Waals surface area (Å²) in [5, 5.41) is 6.28. The van der Waals surface area contributed by atoms with Gasteiger partial charge in [0, 0.05) is 30.7 Å². The summed E-state index contributed by atoms with van der Waals surface area (Å²) in [4.78, 5) is 14.2. The van der Waals surface area contributed by atoms with E-state index in [0.29, 0.717) is 5.69 Å². The molecule has 1 atom stereocenters. The van der Waals surface area contributed by atoms with Crippen molar-refractivity contribution in [3.8, 4) is 0 Å². The first-order valence-electron chi connectivity index (χ1n) is 7.61. The summed E-state index contributed by atoms with van der Waals surface area (Å²) in [6.45, 7) is 5.51. The van der Waals surface area contributed by atoms with Gasteiger partial charge >= 0.3 is 6.03 Å². The number of carbonyl (C=O) groups is 1. The van der Waals surface area contributed by atoms with Gasteiger partial charge in [0.15, 0.2) is 0 Å². The van der Waals surface area contributed by atoms with Crippen molar-refractivity contribution in [2.45, 2.75) is 26.2 Å². The number of anilines is 1. The van der Waals surface area contributed by atoms with E-state index in [1.165, 1.54) is 25.0 Å². The van der Waals surface area contributed by atoms with Crippen LogP contribution in [0.5, 0.6) is 0 Å². The van der Waals surface area contributed by atoms with Crippen LogP contribution in [0, 0.1) is 18.2 Å². The number of benzene rings is 1. The Hall–Kier alpha value is -1.62. The second kappa shape index (κ2) is 5.64. The summed E-state index contributed by atoms with van der Waals surface area (Å²) in [5.41, 5.74) is 1.67. The number of halogens is 1. The number of carbonyl (C=O) groups excluding carboxylic acids is 1. The molecule has 5 heteroatoms. The normalized spacial score (nSPS) is 25.3. The van der Waals surface area contributed by atoms with Gasteiger partial charge in [0.05, 0.1) is 0 Å². The molecule has 21 heavy (non-hydrogen) atoms. The molecule has 0 unspecified atom stereocenters. The van der Waals surface area contributed by atoms with Crippen molar-refractivity contribution < 1.29 is 9.18 Å². The van der Waals surface area contributed by atoms with Gasteiger partial charge in [0.25, 0.3) is 0 Å². The Morgan fingerprint density at radius 3 is 3.05 bits per heavy atom. The van der Waals surface area contributed by atoms with Crippen LogP contribution >= 0.6 is 0 Å². The molecule has 1 aromatic carbocycles. The molecule has 2 aliphatic heterocycles. The lowest BCUT2D eigenvalue weighted by Crippen LogP contribution is -2.43. The van der Waals surface area contributed by atoms with Gasteiger partial charge in [-0.25, -0.2) is 9.18 Å². The standard InChI is InChI=1S/C16H22FN3O/c1-12-3-4-13(17)9-14(12)19-15(21)20-8-6-16(11-20)5-2-7-18-10-16/h3-4,9,18H,2,5-8,10-11H2,1H3,(H,19,21)/t16-/m0/s1. The number of nitrogens with one attached hydrogen (secondary N) is 2. The molecule has 114 valence electrons. The minimum atomic E-state index is -0.328. The minimum absolute atomic E-state index is 0.119. The zero-order valence-electron chi connectivity index (χ0n) is 12.4. The summed E-state index contributed by atoms with van der Waals surface area (Å²) in [6, 6.07) is 4.35. The molecule has 1 spiro atoms. The number of piperidine rings is 1. The number of hydrogen-bond acceptors (Lipinski definition) is 2. The highest BCUT2D eigenvalue weighted by Crippen LogP contribution is 2.36. The highest BCUT2D eigenvalue weighted by atomic mass is 19.1. The van der Waals surface area contributed by atoms with Crippen molar-refractivity contribution >= 4 is 11.7 Å². The molecular formula is C16H22FN3O. The maximum Gasteiger partial charge on any atom is 0.321 e. The van der Waals surface area contributed by atoms with E-state index >= 15 is 0 Å². The average molecular weight is 291 g/mol. The van der Waals surface area contributed by atoms with Gasteiger partial charge in [-0.1, -0.05) is 6.07 Å². The van der Waals surface area contributed by atoms with Crippen LogP contribution in [0.1, 0.15) is 24.8 Å². The van der Waals surface area contributed by atoms with Gasteiger partial charge in [-0.15, -0.1) is 0 Å². The van der Waals surface area contributed by atoms with Gasteiger partial charge in [-0.2, -0.15) is 0 Å². The van der Waals surface area contributed by atoms with E-state index in [9.17, 15) is 9.18 Å². The number of hydrogen-bond donors (Lipinski definition) is 2. The molecule has 3 rings (SSSR count). The van der Waals surface area contributed by atoms with Crippen LogP contribution in [0.2, 0.25) is 0 Å². The van der Waals surface area contributed by atoms with Crippen LogP contribution in [0.3, 0.4) is 0 Å². The first-order chi connectivity index (χ1) is 10.1. The lowest BCUT2D eigenvalue weighted by molar-refractivity contribution is 0.195. The lowest BCUT2D eigenvalue weighted by atomic mass is 9.80. The van der Waals surface area contributed by atoms with Gasteiger partial charge in [0.1, 0.15) is 5.82 Å². The molecule has 0 saturated carbocycles. The van der Waals surface area contributed by atoms with Crippen LogP contribution in [0.4, 0.5) is 14.9 Å². The summed E-state index contributed by atoms with van der Waals surface area (Å²) < 4.78 is 13.3. The Morgan fingerprint density at radius 1 is 1.43 bits per heavy atom. The highest BCUT2D eigenvalue weighted by molar-refractivity contribution is 5.90. The molecule has 2 saturated heterocycles. The summed E-state index contributed by atoms with van der Waals surface area (Å²) in [6.07, 6.45) is 3.41. The largest absolute Gasteiger partial charge is 0.324 e. The highest BCUT2D eigenvalue weighted by Gasteiger charge is 2.40. The smallest absolute Gasteiger partial charge is 0.321 e. The number of aryl methyl sites for hydroxylation is 1. The van der Waals surface area contributed by atoms with E-state index < -0.39 is 0 Å². The van der Waals surface area contributed by atoms with E-state index in [1.54, 1.807) is 6.07 Å². The van der Waals surface area contributed by atoms with Crippen LogP contribution in [0.15, 0.2) is 18.2 Å². The molecule has 0 aromatic heterocycles. The monoisotopic (exact) mass is 291 g/mol. The third-order valence-corrected chi connectivity index (χ3v) is 4.73. The number of urea groups is 1. The first kappa shape index (κ1) is 14.3. The van der Waals surface area contributed by atoms with E-state index in [0.717, 1.165) is 38.2 Å². The van der Waals surface area contributed by atoms with Crippen LogP contribution in [-0.4, -0.2) is 37.1 Å². The molecule has 0 aliphatic carbocycles. The molecule has 4 nitrogen and oxygen atoms in total. The SMILES string of the molecule is Cc1ccc(F)cc1NC(=O)N1CC[C@]2(CCCNC2)C1. The average Bonchev–Trinajstić information content (AvgIpc) is 2.87. The van der Waals surface area contributed by atoms with E-state index in [4.69, 9.17) is 0 Å². The van der Waals surface area contributed by atoms with E-state index in [1.807, 2.05) is 11.8 Å². The fourth-order valence-corrected chi connectivity index (χ4v) is 3.41. The Morgan fingerprint density at radius 2 is 2.29 bits per heavy atom. The third kappa shape index (κ3) is 3.02. The molecule has 0 bridgehead atoms. The summed E-state index contributed by atoms with van der Waals surface area (Å²) in [5.74, 6) is -0.328. The van der Waals surface area contributed by atoms with Crippen molar-refractivity contribution in [3.05, 3.63) is 29.6 Å². The fraction of sp³-hybridized carbons (Fsp3) is 0.562. The number of rotatable bonds is 1. The van der Waals surface area contributed by atoms with Crippen molar-refractivity contribution in [2.75, 3.05) is 31.5 Å². The van der Waals surface area contributed by atoms with Gasteiger partial charge in [-0.05, 0) is 50.4 Å². The maximum absolute atomic E-state index is 13.3. The molecule has 2 N–H and O–H groups in total. The third-order valence-electron chi connectivity index (χ3n) is 4.73. The Labute approximate surface area is 124 Å². The molecule has 2 aliphatic rings. The second-order valence-electron chi connectivity index (χ2n) is 6.34. The fourth-order valence-electron chi connectivity index (χ4n) is 3.41. The molecule has 2 heterocycles. The minimum Gasteiger partial charge on any atom is -0.324 e. The van der Waals surface area contributed by atoms with E-state index in [2.05, 4.69) is 10.6 Å². The van der Waals surface area contributed by atoms with Crippen molar-refractivity contribution in [1.29, 1.82) is 0 Å². The van der Waals surface area contributed by atoms with Crippen LogP contribution < -0.4 is 10.6 Å². The van der Waals surface area contributed by atoms with E-state index in [-0.39, 0.29) is 17.3 Å². The first-order valence-corrected chi connectivity index (χ1v) is 7.61. The van der Waals surface area contributed by atoms with Crippen LogP contribution in [-0.2, 0) is 0 Å². The number of amides is 2. The number of likely N-dealkylation sites (tertiary alicyclic amines) is 1. The molecule has 0 radical (unpaired) electrons. The zero-order valence-corrected chi connectivity index (χ0v) is 12.4. The van der Waals surface area contributed by atoms with Crippen molar-refractivity contribution in [1.82, 2.24) is 10.2 Å². The maximum atomic E-state index is 13.3. The molecule has 2 fully saturated rings. The topological polar surface area (TPSA) is 44.4 Å². The quantitative estimate of drug-likeness (QED) is 0.835. The molecule has 1 aromatic rings. The summed E-state index contributed by atoms with van der Waals surface area (Å²) >= 11 is 0.